The monoisotopic (exact) mass is 609 g/mol. The van der Waals surface area contributed by atoms with Crippen LogP contribution in [0, 0.1) is 17.7 Å². The molecule has 1 saturated heterocycles. The average molecular weight is 610 g/mol. The maximum atomic E-state index is 14.4. The fourth-order valence-electron chi connectivity index (χ4n) is 4.82. The number of benzene rings is 2. The van der Waals surface area contributed by atoms with Crippen molar-refractivity contribution in [2.75, 3.05) is 38.8 Å². The number of sulfone groups is 1. The number of carbonyl (C=O) groups is 1. The van der Waals surface area contributed by atoms with E-state index in [1.54, 1.807) is 0 Å². The summed E-state index contributed by atoms with van der Waals surface area (Å²) in [6, 6.07) is 5.11. The van der Waals surface area contributed by atoms with Crippen molar-refractivity contribution in [1.29, 1.82) is 0 Å². The molecule has 226 valence electrons. The number of hydrogen-bond donors (Lipinski definition) is 2. The molecular formula is C28H31F4N5O4S. The summed E-state index contributed by atoms with van der Waals surface area (Å²) < 4.78 is 83.8. The molecule has 1 aromatic heterocycles. The van der Waals surface area contributed by atoms with Gasteiger partial charge in [0.2, 0.25) is 0 Å². The topological polar surface area (TPSA) is 106 Å². The van der Waals surface area contributed by atoms with Crippen LogP contribution in [0.1, 0.15) is 35.7 Å². The highest BCUT2D eigenvalue weighted by molar-refractivity contribution is 7.90. The molecule has 1 aliphatic heterocycles. The van der Waals surface area contributed by atoms with Crippen molar-refractivity contribution in [3.05, 3.63) is 47.5 Å². The molecule has 2 atom stereocenters. The molecule has 2 N–H and O–H groups in total. The number of carbonyl (C=O) groups excluding carboxylic acids is 1. The van der Waals surface area contributed by atoms with E-state index in [9.17, 15) is 30.8 Å². The zero-order valence-electron chi connectivity index (χ0n) is 23.5. The van der Waals surface area contributed by atoms with Gasteiger partial charge in [-0.2, -0.15) is 13.2 Å². The van der Waals surface area contributed by atoms with Crippen LogP contribution in [0.15, 0.2) is 35.5 Å². The lowest BCUT2D eigenvalue weighted by atomic mass is 9.98. The summed E-state index contributed by atoms with van der Waals surface area (Å²) in [6.45, 7) is 1.52. The fraction of sp³-hybridized carbons (Fsp3) is 0.429. The van der Waals surface area contributed by atoms with Gasteiger partial charge in [-0.15, -0.1) is 0 Å². The van der Waals surface area contributed by atoms with E-state index in [1.165, 1.54) is 19.2 Å². The minimum Gasteiger partial charge on any atom is -0.495 e. The molecule has 3 aromatic rings. The average Bonchev–Trinajstić information content (AvgIpc) is 3.28. The Morgan fingerprint density at radius 3 is 2.62 bits per heavy atom. The number of nitrogens with zero attached hydrogens (tertiary/aromatic N) is 3. The molecule has 1 amide bonds. The summed E-state index contributed by atoms with van der Waals surface area (Å²) in [6.07, 6.45) is -1.12. The highest BCUT2D eigenvalue weighted by atomic mass is 32.2. The Morgan fingerprint density at radius 1 is 1.24 bits per heavy atom. The molecule has 14 heteroatoms. The summed E-state index contributed by atoms with van der Waals surface area (Å²) in [4.78, 5) is 19.1. The third-order valence-electron chi connectivity index (χ3n) is 7.12. The van der Waals surface area contributed by atoms with Crippen LogP contribution in [0.5, 0.6) is 5.75 Å². The number of fused-ring (bicyclic) bond motifs is 1. The van der Waals surface area contributed by atoms with E-state index in [0.29, 0.717) is 0 Å². The second-order valence-corrected chi connectivity index (χ2v) is 12.3. The number of alkyl halides is 3. The summed E-state index contributed by atoms with van der Waals surface area (Å²) in [7, 11) is -0.514. The van der Waals surface area contributed by atoms with Gasteiger partial charge in [0.1, 0.15) is 28.5 Å². The van der Waals surface area contributed by atoms with Crippen LogP contribution in [-0.2, 0) is 16.4 Å². The van der Waals surface area contributed by atoms with Crippen molar-refractivity contribution < 1.29 is 35.5 Å². The Balaban J connectivity index is 1.62. The van der Waals surface area contributed by atoms with Crippen LogP contribution in [-0.4, -0.2) is 80.5 Å². The van der Waals surface area contributed by atoms with Crippen LogP contribution in [0.25, 0.3) is 11.0 Å². The SMILES string of the molecule is COc1cc(S(C)(=O)=O)c(F)cc1NCC#Cc1cc(C(=O)NC2CCN(C)C(C)C2)c2ncn(CC(F)(F)F)c2c1. The molecule has 0 saturated carbocycles. The van der Waals surface area contributed by atoms with Gasteiger partial charge < -0.3 is 24.8 Å². The van der Waals surface area contributed by atoms with Crippen LogP contribution in [0.4, 0.5) is 23.2 Å². The van der Waals surface area contributed by atoms with Gasteiger partial charge in [0, 0.05) is 42.6 Å². The van der Waals surface area contributed by atoms with E-state index in [0.717, 1.165) is 48.7 Å². The third-order valence-corrected chi connectivity index (χ3v) is 8.23. The number of amides is 1. The third kappa shape index (κ3) is 7.32. The van der Waals surface area contributed by atoms with Crippen LogP contribution in [0.3, 0.4) is 0 Å². The number of aromatic nitrogens is 2. The normalized spacial score (nSPS) is 17.9. The second-order valence-electron chi connectivity index (χ2n) is 10.3. The largest absolute Gasteiger partial charge is 0.495 e. The Bertz CT molecular complexity index is 1660. The number of likely N-dealkylation sites (tertiary alicyclic amines) is 1. The molecule has 0 aliphatic carbocycles. The van der Waals surface area contributed by atoms with Crippen LogP contribution >= 0.6 is 0 Å². The number of anilines is 1. The van der Waals surface area contributed by atoms with Gasteiger partial charge in [0.15, 0.2) is 9.84 Å². The van der Waals surface area contributed by atoms with Gasteiger partial charge in [-0.1, -0.05) is 11.8 Å². The first-order chi connectivity index (χ1) is 19.7. The Hall–Kier alpha value is -3.83. The van der Waals surface area contributed by atoms with E-state index in [4.69, 9.17) is 4.74 Å². The van der Waals surface area contributed by atoms with E-state index >= 15 is 0 Å². The van der Waals surface area contributed by atoms with Crippen molar-refractivity contribution in [3.63, 3.8) is 0 Å². The highest BCUT2D eigenvalue weighted by Crippen LogP contribution is 2.30. The molecule has 4 rings (SSSR count). The standard InChI is InChI=1S/C28H31F4N5O4S/c1-17-10-19(7-9-36(17)2)35-27(38)20-11-18(12-23-26(20)34-16-37(23)15-28(30,31)32)6-5-8-33-22-13-21(29)25(42(4,39)40)14-24(22)41-3/h11-14,16-17,19,33H,7-10,15H2,1-4H3,(H,35,38). The molecule has 0 radical (unpaired) electrons. The lowest BCUT2D eigenvalue weighted by Crippen LogP contribution is -2.47. The lowest BCUT2D eigenvalue weighted by molar-refractivity contribution is -0.139. The van der Waals surface area contributed by atoms with E-state index in [2.05, 4.69) is 39.3 Å². The zero-order chi connectivity index (χ0) is 30.8. The van der Waals surface area contributed by atoms with Gasteiger partial charge >= 0.3 is 6.18 Å². The fourth-order valence-corrected chi connectivity index (χ4v) is 5.56. The van der Waals surface area contributed by atoms with Crippen molar-refractivity contribution in [3.8, 4) is 17.6 Å². The van der Waals surface area contributed by atoms with Crippen LogP contribution < -0.4 is 15.4 Å². The van der Waals surface area contributed by atoms with Crippen LogP contribution in [0.2, 0.25) is 0 Å². The van der Waals surface area contributed by atoms with Gasteiger partial charge in [0.25, 0.3) is 5.91 Å². The predicted molar refractivity (Wildman–Crippen MR) is 150 cm³/mol. The molecule has 0 bridgehead atoms. The zero-order valence-corrected chi connectivity index (χ0v) is 24.3. The smallest absolute Gasteiger partial charge is 0.406 e. The van der Waals surface area contributed by atoms with E-state index < -0.39 is 39.2 Å². The summed E-state index contributed by atoms with van der Waals surface area (Å²) in [5.74, 6) is 4.30. The quantitative estimate of drug-likeness (QED) is 0.310. The number of nitrogens with one attached hydrogen (secondary N) is 2. The number of piperidine rings is 1. The van der Waals surface area contributed by atoms with Crippen molar-refractivity contribution in [2.24, 2.45) is 0 Å². The maximum absolute atomic E-state index is 14.4. The predicted octanol–water partition coefficient (Wildman–Crippen LogP) is 3.83. The first-order valence-corrected chi connectivity index (χ1v) is 14.9. The van der Waals surface area contributed by atoms with Crippen molar-refractivity contribution in [1.82, 2.24) is 19.8 Å². The second kappa shape index (κ2) is 12.2. The molecule has 2 heterocycles. The molecule has 1 fully saturated rings. The number of methoxy groups -OCH3 is 1. The Morgan fingerprint density at radius 2 is 1.98 bits per heavy atom. The molecule has 2 unspecified atom stereocenters. The molecule has 0 spiro atoms. The van der Waals surface area contributed by atoms with Crippen molar-refractivity contribution >= 4 is 32.5 Å². The number of rotatable bonds is 7. The molecular weight excluding hydrogens is 578 g/mol. The minimum absolute atomic E-state index is 0.0527. The lowest BCUT2D eigenvalue weighted by Gasteiger charge is -2.35. The number of imidazole rings is 1. The van der Waals surface area contributed by atoms with E-state index in [-0.39, 0.29) is 52.2 Å². The van der Waals surface area contributed by atoms with Gasteiger partial charge in [-0.25, -0.2) is 17.8 Å². The first kappa shape index (κ1) is 31.1. The number of hydrogen-bond acceptors (Lipinski definition) is 7. The molecule has 9 nitrogen and oxygen atoms in total. The minimum atomic E-state index is -4.51. The number of halogens is 4. The summed E-state index contributed by atoms with van der Waals surface area (Å²) in [5, 5.41) is 5.84. The van der Waals surface area contributed by atoms with Gasteiger partial charge in [-0.05, 0) is 38.9 Å². The highest BCUT2D eigenvalue weighted by Gasteiger charge is 2.30. The Kier molecular flexibility index (Phi) is 9.03. The van der Waals surface area contributed by atoms with Crippen molar-refractivity contribution in [2.45, 2.75) is 49.5 Å². The number of ether oxygens (including phenoxy) is 1. The van der Waals surface area contributed by atoms with E-state index in [1.807, 2.05) is 7.05 Å². The van der Waals surface area contributed by atoms with Gasteiger partial charge in [-0.3, -0.25) is 4.79 Å². The van der Waals surface area contributed by atoms with Gasteiger partial charge in [0.05, 0.1) is 36.7 Å². The molecule has 42 heavy (non-hydrogen) atoms. The maximum Gasteiger partial charge on any atom is 0.406 e. The first-order valence-electron chi connectivity index (χ1n) is 13.0. The molecule has 1 aliphatic rings. The molecule has 2 aromatic carbocycles. The summed E-state index contributed by atoms with van der Waals surface area (Å²) in [5.41, 5.74) is 0.780. The Labute approximate surface area is 241 Å². The summed E-state index contributed by atoms with van der Waals surface area (Å²) >= 11 is 0.